The smallest absolute Gasteiger partial charge is 0.306 e. The average Bonchev–Trinajstić information content (AvgIpc) is 3.33. The van der Waals surface area contributed by atoms with Gasteiger partial charge in [0.1, 0.15) is 11.5 Å². The zero-order chi connectivity index (χ0) is 25.1. The quantitative estimate of drug-likeness (QED) is 0.245. The highest BCUT2D eigenvalue weighted by atomic mass is 35.5. The van der Waals surface area contributed by atoms with Crippen molar-refractivity contribution in [2.45, 2.75) is 9.79 Å². The summed E-state index contributed by atoms with van der Waals surface area (Å²) in [6.07, 6.45) is 1.70. The molecule has 5 rings (SSSR count). The van der Waals surface area contributed by atoms with Gasteiger partial charge in [0.25, 0.3) is 0 Å². The molecule has 0 unspecified atom stereocenters. The highest BCUT2D eigenvalue weighted by Crippen LogP contribution is 2.33. The van der Waals surface area contributed by atoms with Crippen LogP contribution in [-0.2, 0) is 0 Å². The van der Waals surface area contributed by atoms with E-state index in [0.29, 0.717) is 21.4 Å². The molecular formula is C28H18Cl2FN3OS. The summed E-state index contributed by atoms with van der Waals surface area (Å²) in [4.78, 5) is 15.0. The fourth-order valence-electron chi connectivity index (χ4n) is 3.57. The molecule has 1 heterocycles. The van der Waals surface area contributed by atoms with E-state index in [1.54, 1.807) is 42.6 Å². The number of anilines is 1. The van der Waals surface area contributed by atoms with Crippen molar-refractivity contribution in [1.82, 2.24) is 9.78 Å². The van der Waals surface area contributed by atoms with Crippen LogP contribution in [0.4, 0.5) is 14.9 Å². The van der Waals surface area contributed by atoms with E-state index in [1.807, 2.05) is 48.5 Å². The Hall–Kier alpha value is -3.58. The Balaban J connectivity index is 1.38. The van der Waals surface area contributed by atoms with Gasteiger partial charge in [-0.25, -0.2) is 9.18 Å². The summed E-state index contributed by atoms with van der Waals surface area (Å²) in [5, 5.41) is 8.70. The fraction of sp³-hybridized carbons (Fsp3) is 0. The second kappa shape index (κ2) is 10.6. The molecule has 0 aliphatic carbocycles. The molecule has 0 saturated heterocycles. The summed E-state index contributed by atoms with van der Waals surface area (Å²) < 4.78 is 14.4. The van der Waals surface area contributed by atoms with Gasteiger partial charge >= 0.3 is 6.03 Å². The Morgan fingerprint density at radius 3 is 1.86 bits per heavy atom. The fourth-order valence-corrected chi connectivity index (χ4v) is 4.63. The normalized spacial score (nSPS) is 10.9. The number of halogens is 3. The number of hydrogen-bond acceptors (Lipinski definition) is 3. The maximum atomic E-state index is 13.1. The van der Waals surface area contributed by atoms with E-state index in [4.69, 9.17) is 23.2 Å². The van der Waals surface area contributed by atoms with Gasteiger partial charge in [-0.1, -0.05) is 59.2 Å². The molecule has 0 radical (unpaired) electrons. The molecule has 0 atom stereocenters. The van der Waals surface area contributed by atoms with Crippen molar-refractivity contribution < 1.29 is 9.18 Å². The molecule has 5 aromatic rings. The van der Waals surface area contributed by atoms with Crippen molar-refractivity contribution >= 4 is 46.7 Å². The Morgan fingerprint density at radius 1 is 0.750 bits per heavy atom. The second-order valence-corrected chi connectivity index (χ2v) is 9.88. The lowest BCUT2D eigenvalue weighted by Crippen LogP contribution is -2.19. The lowest BCUT2D eigenvalue weighted by molar-refractivity contribution is 0.251. The summed E-state index contributed by atoms with van der Waals surface area (Å²) in [5.74, 6) is -0.269. The summed E-state index contributed by atoms with van der Waals surface area (Å²) in [7, 11) is 0. The zero-order valence-electron chi connectivity index (χ0n) is 18.7. The van der Waals surface area contributed by atoms with E-state index < -0.39 is 6.03 Å². The first kappa shape index (κ1) is 24.1. The van der Waals surface area contributed by atoms with Crippen LogP contribution in [0.25, 0.3) is 22.4 Å². The van der Waals surface area contributed by atoms with Crippen LogP contribution in [0.1, 0.15) is 0 Å². The van der Waals surface area contributed by atoms with Crippen LogP contribution in [0.5, 0.6) is 0 Å². The van der Waals surface area contributed by atoms with Crippen LogP contribution in [0.2, 0.25) is 10.0 Å². The molecular weight excluding hydrogens is 516 g/mol. The van der Waals surface area contributed by atoms with E-state index in [2.05, 4.69) is 10.4 Å². The van der Waals surface area contributed by atoms with Gasteiger partial charge in [0.15, 0.2) is 0 Å². The third kappa shape index (κ3) is 5.62. The summed E-state index contributed by atoms with van der Waals surface area (Å²) in [6, 6.07) is 28.0. The van der Waals surface area contributed by atoms with Crippen LogP contribution >= 0.6 is 35.0 Å². The molecule has 8 heteroatoms. The van der Waals surface area contributed by atoms with Crippen LogP contribution < -0.4 is 5.32 Å². The molecule has 4 aromatic carbocycles. The van der Waals surface area contributed by atoms with Crippen LogP contribution in [0.15, 0.2) is 113 Å². The first-order valence-corrected chi connectivity index (χ1v) is 12.5. The monoisotopic (exact) mass is 533 g/mol. The molecule has 0 saturated carbocycles. The molecule has 1 N–H and O–H groups in total. The standard InChI is InChI=1S/C28H18Cl2FN3OS/c29-20-5-1-18(2-6-20)26-17-34(33-27(26)19-3-7-21(30)8-4-19)28(35)32-23-11-15-25(16-12-23)36-24-13-9-22(31)10-14-24/h1-17H,(H,32,35). The van der Waals surface area contributed by atoms with Gasteiger partial charge in [0.05, 0.1) is 0 Å². The van der Waals surface area contributed by atoms with Crippen molar-refractivity contribution in [1.29, 1.82) is 0 Å². The highest BCUT2D eigenvalue weighted by Gasteiger charge is 2.17. The van der Waals surface area contributed by atoms with E-state index in [9.17, 15) is 9.18 Å². The largest absolute Gasteiger partial charge is 0.346 e. The number of carbonyl (C=O) groups excluding carboxylic acids is 1. The van der Waals surface area contributed by atoms with Crippen LogP contribution in [0, 0.1) is 5.82 Å². The number of aromatic nitrogens is 2. The topological polar surface area (TPSA) is 46.9 Å². The SMILES string of the molecule is O=C(Nc1ccc(Sc2ccc(F)cc2)cc1)n1cc(-c2ccc(Cl)cc2)c(-c2ccc(Cl)cc2)n1. The lowest BCUT2D eigenvalue weighted by atomic mass is 10.0. The molecule has 178 valence electrons. The molecule has 1 aromatic heterocycles. The highest BCUT2D eigenvalue weighted by molar-refractivity contribution is 7.99. The average molecular weight is 534 g/mol. The van der Waals surface area contributed by atoms with Gasteiger partial charge in [-0.15, -0.1) is 0 Å². The number of benzene rings is 4. The molecule has 0 aliphatic rings. The Bertz CT molecular complexity index is 1440. The maximum absolute atomic E-state index is 13.1. The number of amides is 1. The number of nitrogens with one attached hydrogen (secondary N) is 1. The minimum atomic E-state index is -0.399. The summed E-state index contributed by atoms with van der Waals surface area (Å²) in [5.41, 5.74) is 3.77. The van der Waals surface area contributed by atoms with E-state index in [-0.39, 0.29) is 5.82 Å². The maximum Gasteiger partial charge on any atom is 0.346 e. The number of carbonyl (C=O) groups is 1. The van der Waals surface area contributed by atoms with Crippen molar-refractivity contribution in [2.24, 2.45) is 0 Å². The van der Waals surface area contributed by atoms with Crippen LogP contribution in [0.3, 0.4) is 0 Å². The van der Waals surface area contributed by atoms with Gasteiger partial charge in [0.2, 0.25) is 0 Å². The van der Waals surface area contributed by atoms with E-state index >= 15 is 0 Å². The zero-order valence-corrected chi connectivity index (χ0v) is 21.0. The van der Waals surface area contributed by atoms with Gasteiger partial charge < -0.3 is 5.32 Å². The molecule has 0 spiro atoms. The predicted molar refractivity (Wildman–Crippen MR) is 145 cm³/mol. The summed E-state index contributed by atoms with van der Waals surface area (Å²) >= 11 is 13.6. The van der Waals surface area contributed by atoms with Gasteiger partial charge in [0, 0.05) is 42.8 Å². The molecule has 1 amide bonds. The molecule has 0 bridgehead atoms. The Labute approximate surface area is 221 Å². The first-order valence-electron chi connectivity index (χ1n) is 10.9. The predicted octanol–water partition coefficient (Wildman–Crippen LogP) is 8.89. The molecule has 36 heavy (non-hydrogen) atoms. The lowest BCUT2D eigenvalue weighted by Gasteiger charge is -2.06. The van der Waals surface area contributed by atoms with Crippen molar-refractivity contribution in [2.75, 3.05) is 5.32 Å². The van der Waals surface area contributed by atoms with Crippen LogP contribution in [-0.4, -0.2) is 15.8 Å². The first-order chi connectivity index (χ1) is 17.4. The third-order valence-electron chi connectivity index (χ3n) is 5.35. The number of nitrogens with zero attached hydrogens (tertiary/aromatic N) is 2. The number of rotatable bonds is 5. The third-order valence-corrected chi connectivity index (χ3v) is 6.87. The van der Waals surface area contributed by atoms with Crippen molar-refractivity contribution in [3.63, 3.8) is 0 Å². The minimum Gasteiger partial charge on any atom is -0.306 e. The Morgan fingerprint density at radius 2 is 1.28 bits per heavy atom. The van der Waals surface area contributed by atoms with Gasteiger partial charge in [-0.3, -0.25) is 0 Å². The number of hydrogen-bond donors (Lipinski definition) is 1. The molecule has 0 aliphatic heterocycles. The second-order valence-electron chi connectivity index (χ2n) is 7.86. The van der Waals surface area contributed by atoms with E-state index in [0.717, 1.165) is 26.5 Å². The van der Waals surface area contributed by atoms with Gasteiger partial charge in [-0.05, 0) is 78.4 Å². The van der Waals surface area contributed by atoms with E-state index in [1.165, 1.54) is 28.6 Å². The van der Waals surface area contributed by atoms with Gasteiger partial charge in [-0.2, -0.15) is 9.78 Å². The molecule has 4 nitrogen and oxygen atoms in total. The van der Waals surface area contributed by atoms with Crippen molar-refractivity contribution in [3.05, 3.63) is 119 Å². The minimum absolute atomic E-state index is 0.269. The Kier molecular flexibility index (Phi) is 7.09. The van der Waals surface area contributed by atoms with Crippen molar-refractivity contribution in [3.8, 4) is 22.4 Å². The molecule has 0 fully saturated rings. The summed E-state index contributed by atoms with van der Waals surface area (Å²) in [6.45, 7) is 0.